The third-order valence-corrected chi connectivity index (χ3v) is 7.14. The van der Waals surface area contributed by atoms with Crippen LogP contribution in [0.25, 0.3) is 22.6 Å². The number of aromatic nitrogens is 1. The van der Waals surface area contributed by atoms with Gasteiger partial charge in [0, 0.05) is 15.2 Å². The number of ether oxygens (including phenoxy) is 1. The van der Waals surface area contributed by atoms with Crippen molar-refractivity contribution in [3.63, 3.8) is 0 Å². The van der Waals surface area contributed by atoms with Gasteiger partial charge >= 0.3 is 0 Å². The third-order valence-electron chi connectivity index (χ3n) is 4.31. The molecule has 9 heteroatoms. The predicted octanol–water partition coefficient (Wildman–Crippen LogP) is 7.79. The maximum absolute atomic E-state index is 10.4. The van der Waals surface area contributed by atoms with Crippen molar-refractivity contribution in [1.82, 2.24) is 4.98 Å². The number of hydrogen-bond donors (Lipinski definition) is 1. The normalized spacial score (nSPS) is 11.5. The first-order valence-electron chi connectivity index (χ1n) is 8.53. The Morgan fingerprint density at radius 3 is 2.73 bits per heavy atom. The molecule has 1 heterocycles. The molecule has 0 aliphatic rings. The van der Waals surface area contributed by atoms with E-state index in [9.17, 15) is 5.11 Å². The summed E-state index contributed by atoms with van der Waals surface area (Å²) in [6, 6.07) is 12.3. The van der Waals surface area contributed by atoms with Crippen molar-refractivity contribution in [3.8, 4) is 23.0 Å². The number of phenolic OH excluding ortho intramolecular Hbond substituents is 1. The van der Waals surface area contributed by atoms with Crippen LogP contribution in [0.15, 0.2) is 60.8 Å². The number of aliphatic imine (C=N–C) groups is 1. The number of nitrogens with zero attached hydrogens (tertiary/aromatic N) is 2. The molecule has 5 nitrogen and oxygen atoms in total. The molecule has 0 spiro atoms. The number of hydrogen-bond acceptors (Lipinski definition) is 5. The van der Waals surface area contributed by atoms with Crippen LogP contribution in [-0.4, -0.2) is 23.4 Å². The molecule has 3 aromatic carbocycles. The zero-order chi connectivity index (χ0) is 21.4. The molecular weight excluding hydrogens is 559 g/mol. The minimum absolute atomic E-state index is 0.0169. The van der Waals surface area contributed by atoms with Crippen molar-refractivity contribution < 1.29 is 14.3 Å². The van der Waals surface area contributed by atoms with Gasteiger partial charge in [-0.05, 0) is 68.3 Å². The van der Waals surface area contributed by atoms with Crippen LogP contribution < -0.4 is 4.74 Å². The lowest BCUT2D eigenvalue weighted by Crippen LogP contribution is -1.91. The molecule has 0 bridgehead atoms. The standard InChI is InChI=1S/C21H12Br2Cl2N2O3/c1-29-17-8-13(22)18(23)12(20(17)28)9-26-10-5-6-16-15(7-10)27-21(30-16)11-3-2-4-14(24)19(11)25/h2-9,28H,1H3. The molecule has 0 aliphatic heterocycles. The molecule has 4 rings (SSSR count). The van der Waals surface area contributed by atoms with Gasteiger partial charge in [0.15, 0.2) is 17.1 Å². The maximum atomic E-state index is 10.4. The van der Waals surface area contributed by atoms with E-state index in [4.69, 9.17) is 32.4 Å². The van der Waals surface area contributed by atoms with Crippen molar-refractivity contribution in [3.05, 3.63) is 67.0 Å². The number of halogens is 4. The molecule has 0 fully saturated rings. The second-order valence-electron chi connectivity index (χ2n) is 6.17. The summed E-state index contributed by atoms with van der Waals surface area (Å²) in [6.45, 7) is 0. The Morgan fingerprint density at radius 2 is 1.97 bits per heavy atom. The monoisotopic (exact) mass is 568 g/mol. The minimum atomic E-state index is -0.0169. The van der Waals surface area contributed by atoms with E-state index in [1.54, 1.807) is 48.7 Å². The summed E-state index contributed by atoms with van der Waals surface area (Å²) >= 11 is 19.2. The quantitative estimate of drug-likeness (QED) is 0.254. The zero-order valence-corrected chi connectivity index (χ0v) is 20.0. The van der Waals surface area contributed by atoms with Crippen molar-refractivity contribution >= 4 is 78.1 Å². The van der Waals surface area contributed by atoms with E-state index in [1.807, 2.05) is 0 Å². The molecule has 1 N–H and O–H groups in total. The number of methoxy groups -OCH3 is 1. The van der Waals surface area contributed by atoms with Gasteiger partial charge in [-0.3, -0.25) is 4.99 Å². The molecule has 0 amide bonds. The highest BCUT2D eigenvalue weighted by Gasteiger charge is 2.15. The Hall–Kier alpha value is -2.06. The summed E-state index contributed by atoms with van der Waals surface area (Å²) in [4.78, 5) is 8.97. The molecule has 4 aromatic rings. The average molecular weight is 571 g/mol. The molecule has 0 saturated heterocycles. The second kappa shape index (κ2) is 8.59. The molecule has 0 atom stereocenters. The molecular formula is C21H12Br2Cl2N2O3. The second-order valence-corrected chi connectivity index (χ2v) is 8.60. The maximum Gasteiger partial charge on any atom is 0.228 e. The van der Waals surface area contributed by atoms with Gasteiger partial charge in [0.05, 0.1) is 34.0 Å². The lowest BCUT2D eigenvalue weighted by molar-refractivity contribution is 0.372. The van der Waals surface area contributed by atoms with Crippen LogP contribution in [0.2, 0.25) is 10.0 Å². The molecule has 0 radical (unpaired) electrons. The van der Waals surface area contributed by atoms with Gasteiger partial charge in [-0.2, -0.15) is 0 Å². The highest BCUT2D eigenvalue weighted by Crippen LogP contribution is 2.40. The highest BCUT2D eigenvalue weighted by molar-refractivity contribution is 9.13. The fraction of sp³-hybridized carbons (Fsp3) is 0.0476. The van der Waals surface area contributed by atoms with E-state index in [0.29, 0.717) is 54.1 Å². The molecule has 1 aromatic heterocycles. The Balaban J connectivity index is 1.72. The fourth-order valence-electron chi connectivity index (χ4n) is 2.80. The Kier molecular flexibility index (Phi) is 6.06. The first-order valence-corrected chi connectivity index (χ1v) is 10.9. The Morgan fingerprint density at radius 1 is 1.17 bits per heavy atom. The lowest BCUT2D eigenvalue weighted by atomic mass is 10.2. The molecule has 0 unspecified atom stereocenters. The third kappa shape index (κ3) is 3.95. The van der Waals surface area contributed by atoms with Crippen LogP contribution in [0.1, 0.15) is 5.56 Å². The van der Waals surface area contributed by atoms with Crippen molar-refractivity contribution in [2.45, 2.75) is 0 Å². The van der Waals surface area contributed by atoms with Gasteiger partial charge in [-0.25, -0.2) is 4.98 Å². The highest BCUT2D eigenvalue weighted by atomic mass is 79.9. The minimum Gasteiger partial charge on any atom is -0.504 e. The van der Waals surface area contributed by atoms with E-state index in [2.05, 4.69) is 41.8 Å². The first kappa shape index (κ1) is 21.2. The predicted molar refractivity (Wildman–Crippen MR) is 127 cm³/mol. The van der Waals surface area contributed by atoms with E-state index in [1.165, 1.54) is 7.11 Å². The summed E-state index contributed by atoms with van der Waals surface area (Å²) in [6.07, 6.45) is 1.54. The average Bonchev–Trinajstić information content (AvgIpc) is 3.15. The zero-order valence-electron chi connectivity index (χ0n) is 15.3. The number of fused-ring (bicyclic) bond motifs is 1. The molecule has 152 valence electrons. The van der Waals surface area contributed by atoms with Gasteiger partial charge < -0.3 is 14.3 Å². The van der Waals surface area contributed by atoms with Crippen molar-refractivity contribution in [1.29, 1.82) is 0 Å². The molecule has 0 aliphatic carbocycles. The number of oxazole rings is 1. The fourth-order valence-corrected chi connectivity index (χ4v) is 4.01. The number of benzene rings is 3. The molecule has 30 heavy (non-hydrogen) atoms. The number of phenols is 1. The van der Waals surface area contributed by atoms with Gasteiger partial charge in [0.2, 0.25) is 5.89 Å². The van der Waals surface area contributed by atoms with E-state index in [-0.39, 0.29) is 5.75 Å². The summed E-state index contributed by atoms with van der Waals surface area (Å²) in [5.74, 6) is 0.689. The van der Waals surface area contributed by atoms with E-state index >= 15 is 0 Å². The van der Waals surface area contributed by atoms with Crippen LogP contribution in [-0.2, 0) is 0 Å². The van der Waals surface area contributed by atoms with Crippen LogP contribution in [0.4, 0.5) is 5.69 Å². The van der Waals surface area contributed by atoms with Crippen molar-refractivity contribution in [2.24, 2.45) is 4.99 Å². The topological polar surface area (TPSA) is 67.9 Å². The number of rotatable bonds is 4. The first-order chi connectivity index (χ1) is 14.4. The van der Waals surface area contributed by atoms with Gasteiger partial charge in [-0.15, -0.1) is 0 Å². The largest absolute Gasteiger partial charge is 0.504 e. The summed E-state index contributed by atoms with van der Waals surface area (Å²) in [7, 11) is 1.48. The van der Waals surface area contributed by atoms with Gasteiger partial charge in [-0.1, -0.05) is 29.3 Å². The lowest BCUT2D eigenvalue weighted by Gasteiger charge is -2.09. The van der Waals surface area contributed by atoms with Crippen LogP contribution in [0, 0.1) is 0 Å². The molecule has 0 saturated carbocycles. The smallest absolute Gasteiger partial charge is 0.228 e. The van der Waals surface area contributed by atoms with Gasteiger partial charge in [0.1, 0.15) is 5.52 Å². The van der Waals surface area contributed by atoms with Crippen LogP contribution >= 0.6 is 55.1 Å². The van der Waals surface area contributed by atoms with E-state index < -0.39 is 0 Å². The van der Waals surface area contributed by atoms with Crippen molar-refractivity contribution in [2.75, 3.05) is 7.11 Å². The SMILES string of the molecule is COc1cc(Br)c(Br)c(C=Nc2ccc3oc(-c4cccc(Cl)c4Cl)nc3c2)c1O. The van der Waals surface area contributed by atoms with E-state index in [0.717, 1.165) is 4.47 Å². The Bertz CT molecular complexity index is 1310. The summed E-state index contributed by atoms with van der Waals surface area (Å²) in [5, 5.41) is 11.2. The Labute approximate surface area is 198 Å². The van der Waals surface area contributed by atoms with Crippen LogP contribution in [0.5, 0.6) is 11.5 Å². The number of aromatic hydroxyl groups is 1. The van der Waals surface area contributed by atoms with Crippen LogP contribution in [0.3, 0.4) is 0 Å². The summed E-state index contributed by atoms with van der Waals surface area (Å²) < 4.78 is 12.4. The van der Waals surface area contributed by atoms with Gasteiger partial charge in [0.25, 0.3) is 0 Å². The summed E-state index contributed by atoms with van der Waals surface area (Å²) in [5.41, 5.74) is 2.93.